The molecule has 0 unspecified atom stereocenters. The normalized spacial score (nSPS) is 11.7. The number of nitrogens with zero attached hydrogens (tertiary/aromatic N) is 1. The molecule has 20 heavy (non-hydrogen) atoms. The molecule has 0 fully saturated rings. The first kappa shape index (κ1) is 17.1. The molecule has 112 valence electrons. The summed E-state index contributed by atoms with van der Waals surface area (Å²) in [5.41, 5.74) is 0.282. The third-order valence-corrected chi connectivity index (χ3v) is 5.35. The van der Waals surface area contributed by atoms with Gasteiger partial charge in [-0.25, -0.2) is 12.7 Å². The average Bonchev–Trinajstić information content (AvgIpc) is 2.38. The van der Waals surface area contributed by atoms with E-state index in [9.17, 15) is 13.2 Å². The van der Waals surface area contributed by atoms with Gasteiger partial charge >= 0.3 is 0 Å². The van der Waals surface area contributed by atoms with Crippen LogP contribution in [-0.2, 0) is 14.8 Å². The molecule has 0 heterocycles. The number of hydrogen-bond acceptors (Lipinski definition) is 4. The Bertz CT molecular complexity index is 587. The molecule has 0 saturated carbocycles. The second kappa shape index (κ2) is 7.16. The lowest BCUT2D eigenvalue weighted by Gasteiger charge is -2.14. The molecule has 0 aromatic heterocycles. The van der Waals surface area contributed by atoms with E-state index < -0.39 is 10.0 Å². The number of halogens is 1. The molecule has 1 aromatic rings. The molecule has 8 heteroatoms. The molecule has 0 spiro atoms. The summed E-state index contributed by atoms with van der Waals surface area (Å²) in [6.45, 7) is 0.756. The van der Waals surface area contributed by atoms with Gasteiger partial charge in [-0.3, -0.25) is 4.79 Å². The van der Waals surface area contributed by atoms with Gasteiger partial charge in [-0.2, -0.15) is 0 Å². The van der Waals surface area contributed by atoms with Crippen LogP contribution in [0.5, 0.6) is 0 Å². The van der Waals surface area contributed by atoms with Crippen molar-refractivity contribution < 1.29 is 17.9 Å². The number of ether oxygens (including phenoxy) is 1. The van der Waals surface area contributed by atoms with Crippen LogP contribution in [0.25, 0.3) is 0 Å². The van der Waals surface area contributed by atoms with E-state index in [2.05, 4.69) is 21.2 Å². The third kappa shape index (κ3) is 4.02. The largest absolute Gasteiger partial charge is 0.383 e. The maximum absolute atomic E-state index is 12.1. The highest BCUT2D eigenvalue weighted by atomic mass is 79.9. The van der Waals surface area contributed by atoms with E-state index in [0.29, 0.717) is 17.6 Å². The van der Waals surface area contributed by atoms with Gasteiger partial charge in [-0.15, -0.1) is 0 Å². The van der Waals surface area contributed by atoms with Crippen molar-refractivity contribution in [1.82, 2.24) is 9.62 Å². The van der Waals surface area contributed by atoms with Crippen LogP contribution >= 0.6 is 15.9 Å². The molecule has 0 saturated heterocycles. The quantitative estimate of drug-likeness (QED) is 0.766. The van der Waals surface area contributed by atoms with Crippen LogP contribution < -0.4 is 5.32 Å². The zero-order valence-electron chi connectivity index (χ0n) is 11.5. The first-order chi connectivity index (χ1) is 9.30. The van der Waals surface area contributed by atoms with E-state index in [4.69, 9.17) is 4.74 Å². The Hall–Kier alpha value is -0.960. The number of benzene rings is 1. The standard InChI is InChI=1S/C12H17BrN2O4S/c1-15(2)20(17,18)11-8-9(4-5-10(11)13)12(16)14-6-7-19-3/h4-5,8H,6-7H2,1-3H3,(H,14,16). The highest BCUT2D eigenvalue weighted by Crippen LogP contribution is 2.25. The lowest BCUT2D eigenvalue weighted by Crippen LogP contribution is -2.28. The number of hydrogen-bond donors (Lipinski definition) is 1. The van der Waals surface area contributed by atoms with Crippen molar-refractivity contribution in [3.05, 3.63) is 28.2 Å². The lowest BCUT2D eigenvalue weighted by molar-refractivity contribution is 0.0937. The van der Waals surface area contributed by atoms with E-state index in [1.165, 1.54) is 27.3 Å². The first-order valence-electron chi connectivity index (χ1n) is 5.80. The summed E-state index contributed by atoms with van der Waals surface area (Å²) in [6.07, 6.45) is 0. The number of carbonyl (C=O) groups excluding carboxylic acids is 1. The molecule has 1 amide bonds. The van der Waals surface area contributed by atoms with Crippen molar-refractivity contribution >= 4 is 31.9 Å². The second-order valence-corrected chi connectivity index (χ2v) is 7.16. The fourth-order valence-corrected chi connectivity index (χ4v) is 3.25. The van der Waals surface area contributed by atoms with Gasteiger partial charge < -0.3 is 10.1 Å². The zero-order valence-corrected chi connectivity index (χ0v) is 13.9. The molecule has 0 aliphatic carbocycles. The van der Waals surface area contributed by atoms with Crippen LogP contribution in [0, 0.1) is 0 Å². The minimum absolute atomic E-state index is 0.0573. The summed E-state index contributed by atoms with van der Waals surface area (Å²) in [5.74, 6) is -0.343. The van der Waals surface area contributed by atoms with Crippen molar-refractivity contribution in [3.8, 4) is 0 Å². The van der Waals surface area contributed by atoms with Gasteiger partial charge in [0.05, 0.1) is 11.5 Å². The SMILES string of the molecule is COCCNC(=O)c1ccc(Br)c(S(=O)(=O)N(C)C)c1. The van der Waals surface area contributed by atoms with Gasteiger partial charge in [-0.05, 0) is 34.1 Å². The Kier molecular flexibility index (Phi) is 6.12. The van der Waals surface area contributed by atoms with Gasteiger partial charge in [-0.1, -0.05) is 0 Å². The van der Waals surface area contributed by atoms with Crippen molar-refractivity contribution in [3.63, 3.8) is 0 Å². The molecule has 0 radical (unpaired) electrons. The second-order valence-electron chi connectivity index (χ2n) is 4.18. The number of rotatable bonds is 6. The molecular weight excluding hydrogens is 348 g/mol. The Morgan fingerprint density at radius 3 is 2.60 bits per heavy atom. The zero-order chi connectivity index (χ0) is 15.3. The summed E-state index contributed by atoms with van der Waals surface area (Å²) in [7, 11) is 0.803. The molecule has 0 bridgehead atoms. The summed E-state index contributed by atoms with van der Waals surface area (Å²) in [5, 5.41) is 2.64. The predicted molar refractivity (Wildman–Crippen MR) is 79.2 cm³/mol. The molecule has 1 aromatic carbocycles. The van der Waals surface area contributed by atoms with Crippen LogP contribution in [-0.4, -0.2) is 53.0 Å². The molecule has 1 N–H and O–H groups in total. The van der Waals surface area contributed by atoms with Crippen molar-refractivity contribution in [1.29, 1.82) is 0 Å². The topological polar surface area (TPSA) is 75.7 Å². The Balaban J connectivity index is 3.06. The average molecular weight is 365 g/mol. The predicted octanol–water partition coefficient (Wildman–Crippen LogP) is 1.08. The van der Waals surface area contributed by atoms with Gasteiger partial charge in [0.1, 0.15) is 0 Å². The third-order valence-electron chi connectivity index (χ3n) is 2.54. The van der Waals surface area contributed by atoms with Crippen molar-refractivity contribution in [2.24, 2.45) is 0 Å². The molecular formula is C12H17BrN2O4S. The number of amides is 1. The maximum Gasteiger partial charge on any atom is 0.251 e. The van der Waals surface area contributed by atoms with Crippen molar-refractivity contribution in [2.75, 3.05) is 34.4 Å². The number of methoxy groups -OCH3 is 1. The van der Waals surface area contributed by atoms with Crippen LogP contribution in [0.15, 0.2) is 27.6 Å². The van der Waals surface area contributed by atoms with Gasteiger partial charge in [0.15, 0.2) is 0 Å². The Morgan fingerprint density at radius 1 is 1.40 bits per heavy atom. The smallest absolute Gasteiger partial charge is 0.251 e. The van der Waals surface area contributed by atoms with Crippen LogP contribution in [0.4, 0.5) is 0 Å². The van der Waals surface area contributed by atoms with Crippen LogP contribution in [0.1, 0.15) is 10.4 Å². The first-order valence-corrected chi connectivity index (χ1v) is 8.03. The summed E-state index contributed by atoms with van der Waals surface area (Å²) >= 11 is 3.19. The van der Waals surface area contributed by atoms with E-state index in [1.54, 1.807) is 12.1 Å². The Labute approximate surface area is 127 Å². The maximum atomic E-state index is 12.1. The summed E-state index contributed by atoms with van der Waals surface area (Å²) < 4.78 is 30.6. The van der Waals surface area contributed by atoms with Crippen LogP contribution in [0.3, 0.4) is 0 Å². The molecule has 0 aliphatic rings. The summed E-state index contributed by atoms with van der Waals surface area (Å²) in [4.78, 5) is 11.9. The summed E-state index contributed by atoms with van der Waals surface area (Å²) in [6, 6.07) is 4.45. The van der Waals surface area contributed by atoms with Gasteiger partial charge in [0, 0.05) is 37.8 Å². The Morgan fingerprint density at radius 2 is 2.05 bits per heavy atom. The highest BCUT2D eigenvalue weighted by molar-refractivity contribution is 9.10. The molecule has 0 aliphatic heterocycles. The fourth-order valence-electron chi connectivity index (χ4n) is 1.41. The van der Waals surface area contributed by atoms with Crippen LogP contribution in [0.2, 0.25) is 0 Å². The lowest BCUT2D eigenvalue weighted by atomic mass is 10.2. The van der Waals surface area contributed by atoms with Gasteiger partial charge in [0.2, 0.25) is 10.0 Å². The minimum atomic E-state index is -3.61. The van der Waals surface area contributed by atoms with Crippen molar-refractivity contribution in [2.45, 2.75) is 4.90 Å². The molecule has 6 nitrogen and oxygen atoms in total. The molecule has 0 atom stereocenters. The van der Waals surface area contributed by atoms with Gasteiger partial charge in [0.25, 0.3) is 5.91 Å². The minimum Gasteiger partial charge on any atom is -0.383 e. The van der Waals surface area contributed by atoms with E-state index in [1.807, 2.05) is 0 Å². The highest BCUT2D eigenvalue weighted by Gasteiger charge is 2.22. The monoisotopic (exact) mass is 364 g/mol. The number of nitrogens with one attached hydrogen (secondary N) is 1. The number of carbonyl (C=O) groups is 1. The fraction of sp³-hybridized carbons (Fsp3) is 0.417. The van der Waals surface area contributed by atoms with E-state index in [0.717, 1.165) is 4.31 Å². The van der Waals surface area contributed by atoms with E-state index in [-0.39, 0.29) is 16.4 Å². The molecule has 1 rings (SSSR count). The van der Waals surface area contributed by atoms with E-state index >= 15 is 0 Å². The number of sulfonamides is 1.